The molecule has 0 amide bonds. The number of nitrogens with one attached hydrogen (secondary N) is 3. The molecule has 0 bridgehead atoms. The number of carbonyl (C=O) groups is 1. The zero-order valence-electron chi connectivity index (χ0n) is 49.2. The first-order valence-electron chi connectivity index (χ1n) is 30.0. The van der Waals surface area contributed by atoms with Gasteiger partial charge in [0, 0.05) is 93.9 Å². The van der Waals surface area contributed by atoms with Gasteiger partial charge in [-0.15, -0.1) is 0 Å². The third-order valence-electron chi connectivity index (χ3n) is 16.4. The zero-order valence-corrected chi connectivity index (χ0v) is 49.2. The number of hydrogen-bond acceptors (Lipinski definition) is 15. The lowest BCUT2D eigenvalue weighted by Gasteiger charge is -2.31. The quantitative estimate of drug-likeness (QED) is 0.102. The predicted molar refractivity (Wildman–Crippen MR) is 345 cm³/mol. The highest BCUT2D eigenvalue weighted by atomic mass is 16.1. The summed E-state index contributed by atoms with van der Waals surface area (Å²) in [4.78, 5) is 50.8. The fourth-order valence-electron chi connectivity index (χ4n) is 11.8. The maximum absolute atomic E-state index is 11.0. The number of benzene rings is 4. The predicted octanol–water partition coefficient (Wildman–Crippen LogP) is 12.5. The lowest BCUT2D eigenvalue weighted by molar-refractivity contribution is 0.112. The maximum atomic E-state index is 11.0. The Morgan fingerprint density at radius 1 is 0.494 bits per heavy atom. The van der Waals surface area contributed by atoms with Crippen LogP contribution in [0.5, 0.6) is 0 Å². The number of hydrogen-bond donors (Lipinski definition) is 3. The van der Waals surface area contributed by atoms with Crippen molar-refractivity contribution in [3.8, 4) is 67.8 Å². The molecule has 2 aliphatic rings. The minimum Gasteiger partial charge on any atom is -0.317 e. The normalized spacial score (nSPS) is 14.0. The van der Waals surface area contributed by atoms with Crippen LogP contribution in [0.3, 0.4) is 0 Å². The molecule has 16 rings (SSSR count). The molecule has 0 spiro atoms. The van der Waals surface area contributed by atoms with Crippen molar-refractivity contribution in [2.45, 2.75) is 57.9 Å². The largest absolute Gasteiger partial charge is 0.317 e. The average molecular weight is 1170 g/mol. The Kier molecular flexibility index (Phi) is 15.8. The number of likely N-dealkylation sites (tertiary alicyclic amines) is 1. The lowest BCUT2D eigenvalue weighted by Crippen LogP contribution is -2.32. The molecule has 19 heteroatoms. The molecule has 0 saturated carbocycles. The van der Waals surface area contributed by atoms with Gasteiger partial charge in [0.1, 0.15) is 29.3 Å². The molecule has 10 aromatic heterocycles. The second kappa shape index (κ2) is 25.2. The van der Waals surface area contributed by atoms with Gasteiger partial charge in [-0.1, -0.05) is 121 Å². The molecule has 89 heavy (non-hydrogen) atoms. The van der Waals surface area contributed by atoms with Gasteiger partial charge in [-0.3, -0.25) is 29.9 Å². The van der Waals surface area contributed by atoms with E-state index >= 15 is 0 Å². The summed E-state index contributed by atoms with van der Waals surface area (Å²) in [6.07, 6.45) is 12.4. The van der Waals surface area contributed by atoms with E-state index in [0.717, 1.165) is 177 Å². The second-order valence-electron chi connectivity index (χ2n) is 22.5. The van der Waals surface area contributed by atoms with E-state index in [-0.39, 0.29) is 0 Å². The van der Waals surface area contributed by atoms with E-state index < -0.39 is 0 Å². The molecule has 0 radical (unpaired) electrons. The number of aromatic nitrogens is 16. The smallest absolute Gasteiger partial charge is 0.199 e. The van der Waals surface area contributed by atoms with Crippen LogP contribution < -0.4 is 5.32 Å². The molecule has 0 unspecified atom stereocenters. The molecule has 4 aromatic carbocycles. The van der Waals surface area contributed by atoms with Gasteiger partial charge in [0.15, 0.2) is 34.2 Å². The van der Waals surface area contributed by atoms with Crippen LogP contribution in [0.1, 0.15) is 76.5 Å². The van der Waals surface area contributed by atoms with Crippen LogP contribution in [0.4, 0.5) is 0 Å². The molecule has 2 saturated heterocycles. The van der Waals surface area contributed by atoms with Crippen molar-refractivity contribution < 1.29 is 4.79 Å². The van der Waals surface area contributed by atoms with Crippen LogP contribution >= 0.6 is 0 Å². The number of pyridine rings is 4. The third-order valence-corrected chi connectivity index (χ3v) is 16.4. The van der Waals surface area contributed by atoms with Crippen LogP contribution in [-0.2, 0) is 6.54 Å². The number of carbonyl (C=O) groups excluding carboxylic acids is 1. The second-order valence-corrected chi connectivity index (χ2v) is 22.5. The Bertz CT molecular complexity index is 4730. The Balaban J connectivity index is 0.000000131. The summed E-state index contributed by atoms with van der Waals surface area (Å²) in [5.74, 6) is 4.20. The molecular formula is C70H62N18O. The monoisotopic (exact) mass is 1170 g/mol. The number of aryl methyl sites for hydroxylation is 2. The number of H-pyrrole nitrogens is 2. The van der Waals surface area contributed by atoms with E-state index in [4.69, 9.17) is 15.0 Å². The minimum absolute atomic E-state index is 0.384. The third kappa shape index (κ3) is 12.2. The Labute approximate surface area is 512 Å². The molecule has 2 fully saturated rings. The van der Waals surface area contributed by atoms with Gasteiger partial charge in [-0.05, 0) is 119 Å². The van der Waals surface area contributed by atoms with Crippen molar-refractivity contribution in [2.75, 3.05) is 26.2 Å². The summed E-state index contributed by atoms with van der Waals surface area (Å²) in [5.41, 5.74) is 16.6. The number of nitrogens with zero attached hydrogens (tertiary/aromatic N) is 15. The molecule has 0 atom stereocenters. The maximum Gasteiger partial charge on any atom is 0.199 e. The van der Waals surface area contributed by atoms with Gasteiger partial charge < -0.3 is 5.32 Å². The summed E-state index contributed by atoms with van der Waals surface area (Å²) in [7, 11) is 0. The van der Waals surface area contributed by atoms with Crippen LogP contribution in [0.15, 0.2) is 195 Å². The number of aldehydes is 1. The van der Waals surface area contributed by atoms with E-state index in [1.54, 1.807) is 16.9 Å². The van der Waals surface area contributed by atoms with Crippen molar-refractivity contribution in [3.63, 3.8) is 0 Å². The van der Waals surface area contributed by atoms with Crippen molar-refractivity contribution in [3.05, 3.63) is 229 Å². The zero-order chi connectivity index (χ0) is 60.0. The van der Waals surface area contributed by atoms with Gasteiger partial charge in [0.25, 0.3) is 0 Å². The SMILES string of the molecule is Cc1cc2ncc3cc(-c4ccccc4)c(-c4ccc(C=O)cc4)nc3n2n1.Cc1cc2ncc3cc(-c4ccccc4)c(-c4ccc(CN5CCC(c6nc(-c7ccccn7)n[nH]6)CC5)cc4)nc3n2n1.c1ccc(-c2n[nH]c(C3CCNCC3)n2)nc1. The van der Waals surface area contributed by atoms with E-state index in [1.165, 1.54) is 5.56 Å². The Hall–Kier alpha value is -10.9. The van der Waals surface area contributed by atoms with E-state index in [0.29, 0.717) is 29.0 Å². The number of rotatable bonds is 11. The van der Waals surface area contributed by atoms with Crippen molar-refractivity contribution in [1.82, 2.24) is 89.7 Å². The van der Waals surface area contributed by atoms with Crippen LogP contribution in [0.2, 0.25) is 0 Å². The van der Waals surface area contributed by atoms with E-state index in [9.17, 15) is 4.79 Å². The van der Waals surface area contributed by atoms with E-state index in [1.807, 2.05) is 128 Å². The molecule has 2 aliphatic heterocycles. The first-order chi connectivity index (χ1) is 43.8. The molecule has 0 aliphatic carbocycles. The highest BCUT2D eigenvalue weighted by Gasteiger charge is 2.25. The van der Waals surface area contributed by atoms with Crippen LogP contribution in [0, 0.1) is 13.8 Å². The van der Waals surface area contributed by atoms with Crippen molar-refractivity contribution in [2.24, 2.45) is 0 Å². The molecular weight excluding hydrogens is 1110 g/mol. The van der Waals surface area contributed by atoms with Crippen molar-refractivity contribution in [1.29, 1.82) is 0 Å². The van der Waals surface area contributed by atoms with Gasteiger partial charge in [-0.25, -0.2) is 29.9 Å². The van der Waals surface area contributed by atoms with Gasteiger partial charge >= 0.3 is 0 Å². The number of fused-ring (bicyclic) bond motifs is 6. The first kappa shape index (κ1) is 55.9. The standard InChI is InChI=1S/C35H31N9.C23H16N4O.C12H15N5/c1-23-19-31-37-21-28-20-29(25-7-3-2-4-8-25)32(38-35(28)44(31)42-23)26-12-10-24(11-13-26)22-43-17-14-27(15-18-43)33-39-34(41-40-33)30-9-5-6-16-36-30;1-15-11-21-24-13-19-12-20(17-5-3-2-4-6-17)22(25-23(19)27(21)26-15)18-9-7-16(14-28)8-10-18;1-2-6-14-10(3-1)12-15-11(16-17-12)9-4-7-13-8-5-9/h2-13,16,19-21,27H,14-15,17-18,22H2,1H3,(H,39,40,41);2-14H,1H3;1-3,6,9,13H,4-5,7-8H2,(H,15,16,17). The summed E-state index contributed by atoms with van der Waals surface area (Å²) < 4.78 is 3.63. The van der Waals surface area contributed by atoms with Gasteiger partial charge in [-0.2, -0.15) is 29.4 Å². The van der Waals surface area contributed by atoms with Gasteiger partial charge in [0.2, 0.25) is 0 Å². The number of aromatic amines is 2. The minimum atomic E-state index is 0.384. The Morgan fingerprint density at radius 3 is 1.44 bits per heavy atom. The summed E-state index contributed by atoms with van der Waals surface area (Å²) in [6.45, 7) is 8.99. The summed E-state index contributed by atoms with van der Waals surface area (Å²) >= 11 is 0. The summed E-state index contributed by atoms with van der Waals surface area (Å²) in [6, 6.07) is 56.7. The fraction of sp³-hybridized carbons (Fsp3) is 0.186. The van der Waals surface area contributed by atoms with Crippen molar-refractivity contribution >= 4 is 39.6 Å². The highest BCUT2D eigenvalue weighted by molar-refractivity contribution is 5.92. The molecule has 19 nitrogen and oxygen atoms in total. The average Bonchev–Trinajstić information content (AvgIpc) is 3.15. The van der Waals surface area contributed by atoms with Gasteiger partial charge in [0.05, 0.1) is 22.8 Å². The van der Waals surface area contributed by atoms with Crippen LogP contribution in [-0.4, -0.2) is 117 Å². The topological polar surface area (TPSA) is 227 Å². The molecule has 14 aromatic rings. The first-order valence-corrected chi connectivity index (χ1v) is 30.0. The number of piperidine rings is 2. The van der Waals surface area contributed by atoms with E-state index in [2.05, 4.69) is 139 Å². The lowest BCUT2D eigenvalue weighted by atomic mass is 9.95. The van der Waals surface area contributed by atoms with Crippen LogP contribution in [0.25, 0.3) is 101 Å². The fourth-order valence-corrected chi connectivity index (χ4v) is 11.8. The molecule has 12 heterocycles. The molecule has 3 N–H and O–H groups in total. The summed E-state index contributed by atoms with van der Waals surface area (Å²) in [5, 5.41) is 29.3. The highest BCUT2D eigenvalue weighted by Crippen LogP contribution is 2.36. The molecule has 438 valence electrons. The Morgan fingerprint density at radius 2 is 0.966 bits per heavy atom.